The van der Waals surface area contributed by atoms with Crippen LogP contribution in [-0.4, -0.2) is 65.6 Å². The lowest BCUT2D eigenvalue weighted by Crippen LogP contribution is -2.43. The van der Waals surface area contributed by atoms with Crippen molar-refractivity contribution < 1.29 is 27.5 Å². The molecule has 0 spiro atoms. The Balaban J connectivity index is 1.19. The summed E-state index contributed by atoms with van der Waals surface area (Å²) in [5, 5.41) is 10.0. The number of hydrogen-bond donors (Lipinski definition) is 1. The normalized spacial score (nSPS) is 24.2. The van der Waals surface area contributed by atoms with Gasteiger partial charge in [0.25, 0.3) is 5.92 Å². The number of halogens is 4. The Hall–Kier alpha value is -2.45. The van der Waals surface area contributed by atoms with Crippen LogP contribution in [0, 0.1) is 29.4 Å². The maximum absolute atomic E-state index is 14.8. The van der Waals surface area contributed by atoms with Gasteiger partial charge in [0.15, 0.2) is 0 Å². The zero-order valence-corrected chi connectivity index (χ0v) is 23.0. The number of piperidine rings is 1. The van der Waals surface area contributed by atoms with Crippen LogP contribution in [0.3, 0.4) is 0 Å². The van der Waals surface area contributed by atoms with Gasteiger partial charge in [-0.2, -0.15) is 0 Å². The molecule has 2 heterocycles. The number of hydrogen-bond acceptors (Lipinski definition) is 3. The molecule has 40 heavy (non-hydrogen) atoms. The van der Waals surface area contributed by atoms with E-state index in [9.17, 15) is 27.5 Å². The average Bonchev–Trinajstić information content (AvgIpc) is 3.28. The molecular formula is C32H40F4N2O2. The van der Waals surface area contributed by atoms with Crippen molar-refractivity contribution in [2.75, 3.05) is 32.7 Å². The Bertz CT molecular complexity index is 1130. The SMILES string of the molecule is O=C(O)[C@@H](CC1CCC1)N1C[C@H](CN2CCC(CC(F)(F)Cc3ccc(F)cc3)CC2)[C@@H](c2cccc(F)c2)C1. The molecule has 3 atom stereocenters. The molecule has 218 valence electrons. The third-order valence-corrected chi connectivity index (χ3v) is 9.42. The van der Waals surface area contributed by atoms with E-state index in [1.807, 2.05) is 6.07 Å². The van der Waals surface area contributed by atoms with E-state index in [2.05, 4.69) is 9.80 Å². The number of carboxylic acid groups (broad SMARTS) is 1. The standard InChI is InChI=1S/C32H40F4N2O2/c33-27-9-7-23(8-10-27)17-32(35,36)18-24-11-13-37(14-12-24)19-26-20-38(30(31(39)40)15-22-3-1-4-22)21-29(26)25-5-2-6-28(34)16-25/h2,5-10,16,22,24,26,29-30H,1,3-4,11-15,17-21H2,(H,39,40)/t26-,29+,30+/m0/s1. The van der Waals surface area contributed by atoms with Gasteiger partial charge >= 0.3 is 5.97 Å². The van der Waals surface area contributed by atoms with Gasteiger partial charge in [-0.1, -0.05) is 43.5 Å². The summed E-state index contributed by atoms with van der Waals surface area (Å²) in [5.74, 6) is -3.79. The van der Waals surface area contributed by atoms with Crippen molar-refractivity contribution in [1.82, 2.24) is 9.80 Å². The third kappa shape index (κ3) is 7.43. The minimum atomic E-state index is -2.84. The van der Waals surface area contributed by atoms with Crippen molar-refractivity contribution >= 4 is 5.97 Å². The first kappa shape index (κ1) is 29.1. The fourth-order valence-corrected chi connectivity index (χ4v) is 7.01. The molecule has 0 bridgehead atoms. The van der Waals surface area contributed by atoms with Crippen molar-refractivity contribution in [1.29, 1.82) is 0 Å². The van der Waals surface area contributed by atoms with E-state index in [4.69, 9.17) is 0 Å². The number of benzene rings is 2. The molecule has 0 radical (unpaired) electrons. The van der Waals surface area contributed by atoms with Gasteiger partial charge in [-0.15, -0.1) is 0 Å². The molecule has 2 aromatic rings. The number of likely N-dealkylation sites (tertiary alicyclic amines) is 2. The molecule has 1 aliphatic carbocycles. The highest BCUT2D eigenvalue weighted by atomic mass is 19.3. The Morgan fingerprint density at radius 3 is 2.30 bits per heavy atom. The Labute approximate surface area is 234 Å². The molecule has 2 aliphatic heterocycles. The summed E-state index contributed by atoms with van der Waals surface area (Å²) in [6.45, 7) is 3.40. The molecule has 1 saturated carbocycles. The van der Waals surface area contributed by atoms with E-state index in [-0.39, 0.29) is 36.4 Å². The first-order valence-electron chi connectivity index (χ1n) is 14.7. The Morgan fingerprint density at radius 1 is 0.950 bits per heavy atom. The number of aliphatic carboxylic acids is 1. The quantitative estimate of drug-likeness (QED) is 0.315. The molecule has 3 fully saturated rings. The maximum atomic E-state index is 14.8. The fourth-order valence-electron chi connectivity index (χ4n) is 7.01. The molecule has 3 aliphatic rings. The Morgan fingerprint density at radius 2 is 1.68 bits per heavy atom. The maximum Gasteiger partial charge on any atom is 0.320 e. The van der Waals surface area contributed by atoms with Crippen LogP contribution in [0.5, 0.6) is 0 Å². The van der Waals surface area contributed by atoms with Gasteiger partial charge in [0.1, 0.15) is 17.7 Å². The van der Waals surface area contributed by atoms with Gasteiger partial charge in [-0.25, -0.2) is 17.6 Å². The highest BCUT2D eigenvalue weighted by Gasteiger charge is 2.42. The topological polar surface area (TPSA) is 43.8 Å². The molecule has 2 aromatic carbocycles. The number of rotatable bonds is 11. The molecule has 4 nitrogen and oxygen atoms in total. The summed E-state index contributed by atoms with van der Waals surface area (Å²) in [7, 11) is 0. The predicted octanol–water partition coefficient (Wildman–Crippen LogP) is 6.60. The van der Waals surface area contributed by atoms with Crippen LogP contribution in [0.4, 0.5) is 17.6 Å². The lowest BCUT2D eigenvalue weighted by Gasteiger charge is -2.36. The molecule has 0 unspecified atom stereocenters. The van der Waals surface area contributed by atoms with Gasteiger partial charge in [-0.3, -0.25) is 9.69 Å². The Kier molecular flexibility index (Phi) is 9.15. The molecular weight excluding hydrogens is 520 g/mol. The van der Waals surface area contributed by atoms with Gasteiger partial charge in [0, 0.05) is 38.4 Å². The van der Waals surface area contributed by atoms with Gasteiger partial charge in [0.2, 0.25) is 0 Å². The molecule has 1 N–H and O–H groups in total. The minimum Gasteiger partial charge on any atom is -0.480 e. The summed E-state index contributed by atoms with van der Waals surface area (Å²) in [6.07, 6.45) is 4.81. The van der Waals surface area contributed by atoms with Crippen LogP contribution < -0.4 is 0 Å². The molecule has 0 amide bonds. The van der Waals surface area contributed by atoms with Crippen LogP contribution in [0.15, 0.2) is 48.5 Å². The zero-order chi connectivity index (χ0) is 28.3. The monoisotopic (exact) mass is 560 g/mol. The molecule has 2 saturated heterocycles. The first-order chi connectivity index (χ1) is 19.1. The van der Waals surface area contributed by atoms with E-state index in [0.29, 0.717) is 56.9 Å². The summed E-state index contributed by atoms with van der Waals surface area (Å²) in [4.78, 5) is 16.6. The second kappa shape index (κ2) is 12.6. The van der Waals surface area contributed by atoms with E-state index >= 15 is 0 Å². The largest absolute Gasteiger partial charge is 0.480 e. The van der Waals surface area contributed by atoms with Crippen molar-refractivity contribution in [3.8, 4) is 0 Å². The second-order valence-corrected chi connectivity index (χ2v) is 12.4. The van der Waals surface area contributed by atoms with Gasteiger partial charge in [0.05, 0.1) is 0 Å². The zero-order valence-electron chi connectivity index (χ0n) is 23.0. The van der Waals surface area contributed by atoms with Crippen molar-refractivity contribution in [2.45, 2.75) is 69.2 Å². The molecule has 8 heteroatoms. The van der Waals surface area contributed by atoms with Crippen LogP contribution >= 0.6 is 0 Å². The van der Waals surface area contributed by atoms with Crippen LogP contribution in [0.1, 0.15) is 62.0 Å². The number of carbonyl (C=O) groups is 1. The molecule has 0 aromatic heterocycles. The summed E-state index contributed by atoms with van der Waals surface area (Å²) in [5.41, 5.74) is 1.34. The highest BCUT2D eigenvalue weighted by molar-refractivity contribution is 5.73. The minimum absolute atomic E-state index is 0.0247. The van der Waals surface area contributed by atoms with Crippen molar-refractivity contribution in [2.24, 2.45) is 17.8 Å². The first-order valence-corrected chi connectivity index (χ1v) is 14.7. The number of carboxylic acids is 1. The highest BCUT2D eigenvalue weighted by Crippen LogP contribution is 2.39. The number of alkyl halides is 2. The summed E-state index contributed by atoms with van der Waals surface area (Å²) in [6, 6.07) is 11.4. The van der Waals surface area contributed by atoms with Crippen LogP contribution in [-0.2, 0) is 11.2 Å². The van der Waals surface area contributed by atoms with Gasteiger partial charge in [-0.05, 0) is 85.5 Å². The number of nitrogens with zero attached hydrogens (tertiary/aromatic N) is 2. The second-order valence-electron chi connectivity index (χ2n) is 12.4. The van der Waals surface area contributed by atoms with E-state index in [0.717, 1.165) is 24.9 Å². The van der Waals surface area contributed by atoms with E-state index in [1.54, 1.807) is 12.1 Å². The summed E-state index contributed by atoms with van der Waals surface area (Å²) >= 11 is 0. The smallest absolute Gasteiger partial charge is 0.320 e. The van der Waals surface area contributed by atoms with Crippen LogP contribution in [0.25, 0.3) is 0 Å². The van der Waals surface area contributed by atoms with Crippen molar-refractivity contribution in [3.05, 3.63) is 71.3 Å². The fraction of sp³-hybridized carbons (Fsp3) is 0.594. The lowest BCUT2D eigenvalue weighted by atomic mass is 9.80. The third-order valence-electron chi connectivity index (χ3n) is 9.42. The average molecular weight is 561 g/mol. The van der Waals surface area contributed by atoms with E-state index < -0.39 is 23.8 Å². The lowest BCUT2D eigenvalue weighted by molar-refractivity contribution is -0.144. The van der Waals surface area contributed by atoms with E-state index in [1.165, 1.54) is 36.8 Å². The summed E-state index contributed by atoms with van der Waals surface area (Å²) < 4.78 is 56.9. The molecule has 5 rings (SSSR count). The predicted molar refractivity (Wildman–Crippen MR) is 146 cm³/mol. The van der Waals surface area contributed by atoms with Gasteiger partial charge < -0.3 is 10.0 Å². The van der Waals surface area contributed by atoms with Crippen molar-refractivity contribution in [3.63, 3.8) is 0 Å². The van der Waals surface area contributed by atoms with Crippen LogP contribution in [0.2, 0.25) is 0 Å².